The number of hydrogen-bond acceptors (Lipinski definition) is 2. The first-order chi connectivity index (χ1) is 18.1. The molecule has 37 heavy (non-hydrogen) atoms. The molecule has 0 aliphatic rings. The molecule has 4 aromatic carbocycles. The molecule has 6 rings (SSSR count). The quantitative estimate of drug-likeness (QED) is 0.184. The second kappa shape index (κ2) is 15.0. The van der Waals surface area contributed by atoms with Crippen molar-refractivity contribution in [3.05, 3.63) is 128 Å². The Balaban J connectivity index is 0.000000176. The molecule has 0 saturated carbocycles. The van der Waals surface area contributed by atoms with Gasteiger partial charge in [-0.3, -0.25) is 9.97 Å². The van der Waals surface area contributed by atoms with Gasteiger partial charge in [0.05, 0.1) is 11.4 Å². The van der Waals surface area contributed by atoms with Crippen molar-refractivity contribution < 1.29 is 20.8 Å². The summed E-state index contributed by atoms with van der Waals surface area (Å²) in [4.78, 5) is 8.82. The molecule has 188 valence electrons. The molecular formula is C32H29Cl2N2Zr-3. The van der Waals surface area contributed by atoms with Crippen LogP contribution in [0.5, 0.6) is 0 Å². The molecule has 0 saturated heterocycles. The number of benzene rings is 2. The summed E-state index contributed by atoms with van der Waals surface area (Å²) in [6, 6.07) is 33.5. The summed E-state index contributed by atoms with van der Waals surface area (Å²) in [5, 5.41) is 5.23. The van der Waals surface area contributed by atoms with Gasteiger partial charge in [0.2, 0.25) is 0 Å². The molecule has 2 nitrogen and oxygen atoms in total. The molecule has 0 aliphatic carbocycles. The summed E-state index contributed by atoms with van der Waals surface area (Å²) in [6.07, 6.45) is 3.67. The van der Waals surface area contributed by atoms with Gasteiger partial charge < -0.3 is 6.92 Å². The zero-order valence-electron chi connectivity index (χ0n) is 21.2. The van der Waals surface area contributed by atoms with Gasteiger partial charge in [0.15, 0.2) is 0 Å². The van der Waals surface area contributed by atoms with Gasteiger partial charge in [-0.1, -0.05) is 38.1 Å². The molecule has 2 heterocycles. The summed E-state index contributed by atoms with van der Waals surface area (Å²) < 4.78 is 0. The van der Waals surface area contributed by atoms with Crippen LogP contribution in [0.2, 0.25) is 0 Å². The number of rotatable bonds is 2. The average molecular weight is 604 g/mol. The van der Waals surface area contributed by atoms with Crippen LogP contribution < -0.4 is 0 Å². The molecule has 0 spiro atoms. The van der Waals surface area contributed by atoms with Crippen LogP contribution in [0.15, 0.2) is 109 Å². The zero-order chi connectivity index (χ0) is 26.6. The number of nitrogens with zero attached hydrogens (tertiary/aromatic N) is 2. The van der Waals surface area contributed by atoms with E-state index >= 15 is 0 Å². The average Bonchev–Trinajstić information content (AvgIpc) is 3.64. The van der Waals surface area contributed by atoms with E-state index < -0.39 is 20.8 Å². The molecular weight excluding hydrogens is 574 g/mol. The maximum atomic E-state index is 4.93. The summed E-state index contributed by atoms with van der Waals surface area (Å²) >= 11 is -0.826. The zero-order valence-corrected chi connectivity index (χ0v) is 25.2. The van der Waals surface area contributed by atoms with Crippen molar-refractivity contribution in [3.63, 3.8) is 0 Å². The third-order valence-electron chi connectivity index (χ3n) is 5.94. The van der Waals surface area contributed by atoms with E-state index in [1.54, 1.807) is 6.92 Å². The topological polar surface area (TPSA) is 25.8 Å². The summed E-state index contributed by atoms with van der Waals surface area (Å²) in [5.74, 6) is 0. The number of fused-ring (bicyclic) bond motifs is 2. The van der Waals surface area contributed by atoms with E-state index in [9.17, 15) is 0 Å². The van der Waals surface area contributed by atoms with E-state index in [4.69, 9.17) is 17.0 Å². The van der Waals surface area contributed by atoms with E-state index in [-0.39, 0.29) is 0 Å². The van der Waals surface area contributed by atoms with Crippen molar-refractivity contribution in [1.29, 1.82) is 0 Å². The predicted octanol–water partition coefficient (Wildman–Crippen LogP) is 10.1. The molecule has 2 aromatic heterocycles. The van der Waals surface area contributed by atoms with Crippen LogP contribution >= 0.6 is 17.0 Å². The number of halogens is 2. The molecule has 0 unspecified atom stereocenters. The normalized spacial score (nSPS) is 9.89. The Morgan fingerprint density at radius 1 is 0.622 bits per heavy atom. The second-order valence-corrected chi connectivity index (χ2v) is 11.8. The summed E-state index contributed by atoms with van der Waals surface area (Å²) in [6.45, 7) is 9.29. The molecule has 0 aliphatic heterocycles. The molecule has 6 aromatic rings. The van der Waals surface area contributed by atoms with Crippen LogP contribution in [-0.4, -0.2) is 9.97 Å². The van der Waals surface area contributed by atoms with E-state index in [0.717, 1.165) is 11.4 Å². The van der Waals surface area contributed by atoms with Gasteiger partial charge in [-0.2, -0.15) is 31.2 Å². The Morgan fingerprint density at radius 3 is 1.38 bits per heavy atom. The van der Waals surface area contributed by atoms with Crippen molar-refractivity contribution in [2.24, 2.45) is 0 Å². The fourth-order valence-electron chi connectivity index (χ4n) is 4.26. The second-order valence-electron chi connectivity index (χ2n) is 8.07. The van der Waals surface area contributed by atoms with Crippen molar-refractivity contribution in [2.75, 3.05) is 0 Å². The number of hydrogen-bond donors (Lipinski definition) is 0. The van der Waals surface area contributed by atoms with Gasteiger partial charge in [0.1, 0.15) is 0 Å². The van der Waals surface area contributed by atoms with Crippen molar-refractivity contribution >= 4 is 38.6 Å². The maximum absolute atomic E-state index is 4.93. The van der Waals surface area contributed by atoms with Gasteiger partial charge >= 0.3 is 37.9 Å². The number of aromatic nitrogens is 2. The molecule has 0 bridgehead atoms. The first kappa shape index (κ1) is 29.0. The van der Waals surface area contributed by atoms with E-state index in [1.807, 2.05) is 36.7 Å². The van der Waals surface area contributed by atoms with Gasteiger partial charge in [-0.15, -0.1) is 56.9 Å². The van der Waals surface area contributed by atoms with Crippen LogP contribution in [0.25, 0.3) is 44.1 Å². The first-order valence-electron chi connectivity index (χ1n) is 11.9. The van der Waals surface area contributed by atoms with E-state index in [1.165, 1.54) is 43.8 Å². The van der Waals surface area contributed by atoms with Crippen LogP contribution in [-0.2, 0) is 20.8 Å². The summed E-state index contributed by atoms with van der Waals surface area (Å²) in [5.41, 5.74) is 7.15. The van der Waals surface area contributed by atoms with Crippen LogP contribution in [0.1, 0.15) is 18.1 Å². The third-order valence-corrected chi connectivity index (χ3v) is 5.94. The Hall–Kier alpha value is -2.58. The fraction of sp³-hybridized carbons (Fsp3) is 0.0938. The summed E-state index contributed by atoms with van der Waals surface area (Å²) in [7, 11) is 9.87. The first-order valence-corrected chi connectivity index (χ1v) is 18.3. The minimum atomic E-state index is -0.826. The Morgan fingerprint density at radius 2 is 1.03 bits per heavy atom. The van der Waals surface area contributed by atoms with Crippen molar-refractivity contribution in [2.45, 2.75) is 20.8 Å². The standard InChI is InChI=1S/2C15H12N.C2H5.2ClH.Zr/c2*1-11-8-9-14(13-6-4-5-12(11)13)15-7-2-3-10-16-15;1-2;;;/h2*2-10H,1H3;1H2,2H3;2*1H;/q3*-1;;;+2/p-2. The van der Waals surface area contributed by atoms with Crippen LogP contribution in [0, 0.1) is 20.8 Å². The number of pyridine rings is 2. The Kier molecular flexibility index (Phi) is 11.7. The molecule has 0 fully saturated rings. The van der Waals surface area contributed by atoms with Crippen LogP contribution in [0.3, 0.4) is 0 Å². The third kappa shape index (κ3) is 7.26. The van der Waals surface area contributed by atoms with Gasteiger partial charge in [0.25, 0.3) is 0 Å². The molecule has 5 heteroatoms. The Bertz CT molecular complexity index is 1390. The van der Waals surface area contributed by atoms with E-state index in [0.29, 0.717) is 0 Å². The monoisotopic (exact) mass is 601 g/mol. The number of aryl methyl sites for hydroxylation is 2. The predicted molar refractivity (Wildman–Crippen MR) is 158 cm³/mol. The van der Waals surface area contributed by atoms with Crippen LogP contribution in [0.4, 0.5) is 0 Å². The molecule has 0 N–H and O–H groups in total. The Labute approximate surface area is 238 Å². The van der Waals surface area contributed by atoms with E-state index in [2.05, 4.69) is 104 Å². The van der Waals surface area contributed by atoms with Gasteiger partial charge in [-0.25, -0.2) is 0 Å². The molecule has 0 radical (unpaired) electrons. The van der Waals surface area contributed by atoms with Gasteiger partial charge in [0, 0.05) is 12.4 Å². The van der Waals surface area contributed by atoms with Gasteiger partial charge in [-0.05, 0) is 35.4 Å². The van der Waals surface area contributed by atoms with Crippen molar-refractivity contribution in [1.82, 2.24) is 9.97 Å². The molecule has 0 atom stereocenters. The SMILES string of the molecule is Cc1ccc(-c2ccccn2)c2cc[cH-]c12.Cc1ccc(-c2ccccn2)c2cc[cH-]c12.[CH2-]C.[Cl][Zr][Cl]. The van der Waals surface area contributed by atoms with Crippen molar-refractivity contribution in [3.8, 4) is 22.5 Å². The molecule has 0 amide bonds. The minimum absolute atomic E-state index is 0.826. The fourth-order valence-corrected chi connectivity index (χ4v) is 4.26.